The smallest absolute Gasteiger partial charge is 0.224 e. The Morgan fingerprint density at radius 1 is 1.30 bits per heavy atom. The second kappa shape index (κ2) is 5.12. The number of aryl methyl sites for hydroxylation is 1. The van der Waals surface area contributed by atoms with Gasteiger partial charge in [-0.1, -0.05) is 26.0 Å². The SMILES string of the molecule is CC(C)C(c1ccc2c(c1)CCC(=O)N2)n1ccnc1. The van der Waals surface area contributed by atoms with Gasteiger partial charge < -0.3 is 9.88 Å². The average Bonchev–Trinajstić information content (AvgIpc) is 2.92. The molecule has 3 rings (SSSR count). The summed E-state index contributed by atoms with van der Waals surface area (Å²) in [4.78, 5) is 15.6. The summed E-state index contributed by atoms with van der Waals surface area (Å²) >= 11 is 0. The van der Waals surface area contributed by atoms with E-state index in [4.69, 9.17) is 0 Å². The summed E-state index contributed by atoms with van der Waals surface area (Å²) in [6.07, 6.45) is 7.09. The predicted molar refractivity (Wildman–Crippen MR) is 78.6 cm³/mol. The zero-order valence-electron chi connectivity index (χ0n) is 11.8. The van der Waals surface area contributed by atoms with Crippen LogP contribution < -0.4 is 5.32 Å². The molecule has 0 fully saturated rings. The standard InChI is InChI=1S/C16H19N3O/c1-11(2)16(19-8-7-17-10-19)13-3-5-14-12(9-13)4-6-15(20)18-14/h3,5,7-11,16H,4,6H2,1-2H3,(H,18,20). The van der Waals surface area contributed by atoms with E-state index < -0.39 is 0 Å². The Balaban J connectivity index is 1.98. The fourth-order valence-electron chi connectivity index (χ4n) is 2.92. The van der Waals surface area contributed by atoms with Gasteiger partial charge in [0, 0.05) is 24.5 Å². The van der Waals surface area contributed by atoms with Crippen molar-refractivity contribution in [2.24, 2.45) is 5.92 Å². The molecule has 1 N–H and O–H groups in total. The normalized spacial score (nSPS) is 15.8. The highest BCUT2D eigenvalue weighted by atomic mass is 16.1. The third-order valence-electron chi connectivity index (χ3n) is 3.84. The van der Waals surface area contributed by atoms with Gasteiger partial charge in [0.05, 0.1) is 12.4 Å². The van der Waals surface area contributed by atoms with Crippen LogP contribution in [-0.2, 0) is 11.2 Å². The molecular weight excluding hydrogens is 250 g/mol. The van der Waals surface area contributed by atoms with E-state index in [2.05, 4.69) is 40.8 Å². The molecule has 0 bridgehead atoms. The van der Waals surface area contributed by atoms with Crippen LogP contribution in [0, 0.1) is 5.92 Å². The zero-order valence-corrected chi connectivity index (χ0v) is 11.8. The molecule has 0 saturated carbocycles. The van der Waals surface area contributed by atoms with E-state index in [1.54, 1.807) is 0 Å². The van der Waals surface area contributed by atoms with Gasteiger partial charge in [0.2, 0.25) is 5.91 Å². The average molecular weight is 269 g/mol. The summed E-state index contributed by atoms with van der Waals surface area (Å²) in [5, 5.41) is 2.93. The van der Waals surface area contributed by atoms with Gasteiger partial charge in [-0.05, 0) is 29.5 Å². The van der Waals surface area contributed by atoms with Crippen LogP contribution in [-0.4, -0.2) is 15.5 Å². The number of anilines is 1. The van der Waals surface area contributed by atoms with Crippen LogP contribution in [0.5, 0.6) is 0 Å². The van der Waals surface area contributed by atoms with Gasteiger partial charge in [-0.25, -0.2) is 4.98 Å². The largest absolute Gasteiger partial charge is 0.330 e. The van der Waals surface area contributed by atoms with Crippen LogP contribution >= 0.6 is 0 Å². The molecule has 1 amide bonds. The van der Waals surface area contributed by atoms with Crippen molar-refractivity contribution in [1.82, 2.24) is 9.55 Å². The number of benzene rings is 1. The number of carbonyl (C=O) groups excluding carboxylic acids is 1. The third-order valence-corrected chi connectivity index (χ3v) is 3.84. The van der Waals surface area contributed by atoms with E-state index in [0.717, 1.165) is 12.1 Å². The van der Waals surface area contributed by atoms with Crippen LogP contribution in [0.25, 0.3) is 0 Å². The van der Waals surface area contributed by atoms with Crippen LogP contribution in [0.1, 0.15) is 37.4 Å². The lowest BCUT2D eigenvalue weighted by molar-refractivity contribution is -0.116. The molecule has 1 atom stereocenters. The summed E-state index contributed by atoms with van der Waals surface area (Å²) in [6.45, 7) is 4.43. The number of imidazole rings is 1. The van der Waals surface area contributed by atoms with Crippen molar-refractivity contribution in [2.45, 2.75) is 32.7 Å². The van der Waals surface area contributed by atoms with Gasteiger partial charge in [-0.3, -0.25) is 4.79 Å². The summed E-state index contributed by atoms with van der Waals surface area (Å²) in [7, 11) is 0. The Morgan fingerprint density at radius 3 is 2.85 bits per heavy atom. The van der Waals surface area contributed by atoms with Crippen molar-refractivity contribution in [2.75, 3.05) is 5.32 Å². The molecule has 0 radical (unpaired) electrons. The van der Waals surface area contributed by atoms with E-state index >= 15 is 0 Å². The Morgan fingerprint density at radius 2 is 2.15 bits per heavy atom. The van der Waals surface area contributed by atoms with E-state index in [0.29, 0.717) is 12.3 Å². The number of hydrogen-bond donors (Lipinski definition) is 1. The molecule has 1 aliphatic rings. The van der Waals surface area contributed by atoms with Crippen molar-refractivity contribution >= 4 is 11.6 Å². The van der Waals surface area contributed by atoms with E-state index in [9.17, 15) is 4.79 Å². The van der Waals surface area contributed by atoms with Crippen molar-refractivity contribution in [1.29, 1.82) is 0 Å². The lowest BCUT2D eigenvalue weighted by Gasteiger charge is -2.25. The number of carbonyl (C=O) groups is 1. The second-order valence-electron chi connectivity index (χ2n) is 5.66. The minimum atomic E-state index is 0.111. The monoisotopic (exact) mass is 269 g/mol. The van der Waals surface area contributed by atoms with Gasteiger partial charge in [0.1, 0.15) is 0 Å². The van der Waals surface area contributed by atoms with Crippen molar-refractivity contribution in [3.63, 3.8) is 0 Å². The Hall–Kier alpha value is -2.10. The van der Waals surface area contributed by atoms with Crippen LogP contribution in [0.15, 0.2) is 36.9 Å². The molecule has 1 aromatic carbocycles. The molecule has 104 valence electrons. The fourth-order valence-corrected chi connectivity index (χ4v) is 2.92. The maximum absolute atomic E-state index is 11.4. The Labute approximate surface area is 118 Å². The van der Waals surface area contributed by atoms with Crippen molar-refractivity contribution in [3.8, 4) is 0 Å². The molecule has 1 aliphatic heterocycles. The first-order valence-corrected chi connectivity index (χ1v) is 7.05. The maximum Gasteiger partial charge on any atom is 0.224 e. The molecule has 1 aromatic heterocycles. The topological polar surface area (TPSA) is 46.9 Å². The fraction of sp³-hybridized carbons (Fsp3) is 0.375. The lowest BCUT2D eigenvalue weighted by atomic mass is 9.92. The van der Waals surface area contributed by atoms with E-state index in [-0.39, 0.29) is 11.9 Å². The minimum absolute atomic E-state index is 0.111. The molecule has 0 aliphatic carbocycles. The van der Waals surface area contributed by atoms with Gasteiger partial charge in [0.25, 0.3) is 0 Å². The zero-order chi connectivity index (χ0) is 14.1. The van der Waals surface area contributed by atoms with Crippen LogP contribution in [0.4, 0.5) is 5.69 Å². The molecule has 2 aromatic rings. The van der Waals surface area contributed by atoms with Gasteiger partial charge in [-0.15, -0.1) is 0 Å². The first-order chi connectivity index (χ1) is 9.65. The quantitative estimate of drug-likeness (QED) is 0.931. The molecule has 4 nitrogen and oxygen atoms in total. The highest BCUT2D eigenvalue weighted by molar-refractivity contribution is 5.93. The number of amides is 1. The number of nitrogens with zero attached hydrogens (tertiary/aromatic N) is 2. The molecule has 20 heavy (non-hydrogen) atoms. The number of aromatic nitrogens is 2. The molecule has 0 saturated heterocycles. The van der Waals surface area contributed by atoms with Gasteiger partial charge in [-0.2, -0.15) is 0 Å². The molecule has 4 heteroatoms. The lowest BCUT2D eigenvalue weighted by Crippen LogP contribution is -2.20. The van der Waals surface area contributed by atoms with Crippen molar-refractivity contribution < 1.29 is 4.79 Å². The first kappa shape index (κ1) is 12.9. The van der Waals surface area contributed by atoms with E-state index in [1.165, 1.54) is 11.1 Å². The second-order valence-corrected chi connectivity index (χ2v) is 5.66. The highest BCUT2D eigenvalue weighted by Crippen LogP contribution is 2.31. The summed E-state index contributed by atoms with van der Waals surface area (Å²) in [5.74, 6) is 0.584. The Bertz CT molecular complexity index is 617. The number of rotatable bonds is 3. The minimum Gasteiger partial charge on any atom is -0.330 e. The van der Waals surface area contributed by atoms with Crippen LogP contribution in [0.2, 0.25) is 0 Å². The third kappa shape index (κ3) is 2.33. The van der Waals surface area contributed by atoms with E-state index in [1.807, 2.05) is 24.8 Å². The summed E-state index contributed by atoms with van der Waals surface area (Å²) < 4.78 is 2.15. The van der Waals surface area contributed by atoms with Gasteiger partial charge in [0.15, 0.2) is 0 Å². The van der Waals surface area contributed by atoms with Crippen molar-refractivity contribution in [3.05, 3.63) is 48.0 Å². The molecule has 2 heterocycles. The maximum atomic E-state index is 11.4. The molecular formula is C16H19N3O. The van der Waals surface area contributed by atoms with Crippen LogP contribution in [0.3, 0.4) is 0 Å². The first-order valence-electron chi connectivity index (χ1n) is 7.05. The number of nitrogens with one attached hydrogen (secondary N) is 1. The highest BCUT2D eigenvalue weighted by Gasteiger charge is 2.21. The summed E-state index contributed by atoms with van der Waals surface area (Å²) in [6, 6.07) is 6.63. The molecule has 0 spiro atoms. The summed E-state index contributed by atoms with van der Waals surface area (Å²) in [5.41, 5.74) is 3.46. The number of fused-ring (bicyclic) bond motifs is 1. The number of hydrogen-bond acceptors (Lipinski definition) is 2. The predicted octanol–water partition coefficient (Wildman–Crippen LogP) is 3.01. The molecule has 1 unspecified atom stereocenters. The Kier molecular flexibility index (Phi) is 3.30. The van der Waals surface area contributed by atoms with Gasteiger partial charge >= 0.3 is 0 Å².